The molecule has 0 aliphatic heterocycles. The Balaban J connectivity index is 2.74. The lowest BCUT2D eigenvalue weighted by Gasteiger charge is -2.31. The Labute approximate surface area is 80.3 Å². The number of carboxylic acids is 1. The van der Waals surface area contributed by atoms with Crippen molar-refractivity contribution in [3.05, 3.63) is 0 Å². The van der Waals surface area contributed by atoms with Gasteiger partial charge in [-0.2, -0.15) is 0 Å². The SMILES string of the molecule is CC(C)(C)CC1(C(=O)O)CCCC1. The highest BCUT2D eigenvalue weighted by atomic mass is 16.4. The number of aliphatic carboxylic acids is 1. The highest BCUT2D eigenvalue weighted by molar-refractivity contribution is 5.75. The Morgan fingerprint density at radius 1 is 1.31 bits per heavy atom. The predicted octanol–water partition coefficient (Wildman–Crippen LogP) is 3.07. The standard InChI is InChI=1S/C11H20O2/c1-10(2,3)8-11(9(12)13)6-4-5-7-11/h4-8H2,1-3H3,(H,12,13). The summed E-state index contributed by atoms with van der Waals surface area (Å²) >= 11 is 0. The van der Waals surface area contributed by atoms with Crippen LogP contribution in [-0.2, 0) is 4.79 Å². The normalized spacial score (nSPS) is 21.8. The van der Waals surface area contributed by atoms with Crippen molar-refractivity contribution < 1.29 is 9.90 Å². The summed E-state index contributed by atoms with van der Waals surface area (Å²) in [6.07, 6.45) is 4.74. The van der Waals surface area contributed by atoms with Gasteiger partial charge in [-0.3, -0.25) is 4.79 Å². The highest BCUT2D eigenvalue weighted by Gasteiger charge is 2.43. The Morgan fingerprint density at radius 2 is 1.77 bits per heavy atom. The maximum absolute atomic E-state index is 11.2. The molecule has 0 spiro atoms. The molecular formula is C11H20O2. The van der Waals surface area contributed by atoms with Gasteiger partial charge in [0.1, 0.15) is 0 Å². The van der Waals surface area contributed by atoms with Gasteiger partial charge in [-0.1, -0.05) is 33.6 Å². The van der Waals surface area contributed by atoms with Crippen LogP contribution >= 0.6 is 0 Å². The van der Waals surface area contributed by atoms with E-state index in [1.54, 1.807) is 0 Å². The first-order valence-electron chi connectivity index (χ1n) is 5.09. The lowest BCUT2D eigenvalue weighted by molar-refractivity contribution is -0.150. The van der Waals surface area contributed by atoms with Crippen LogP contribution in [0.1, 0.15) is 52.9 Å². The van der Waals surface area contributed by atoms with Crippen molar-refractivity contribution in [3.63, 3.8) is 0 Å². The number of rotatable bonds is 2. The van der Waals surface area contributed by atoms with Gasteiger partial charge in [0.2, 0.25) is 0 Å². The second kappa shape index (κ2) is 3.32. The van der Waals surface area contributed by atoms with Crippen molar-refractivity contribution in [2.75, 3.05) is 0 Å². The molecule has 0 unspecified atom stereocenters. The largest absolute Gasteiger partial charge is 0.481 e. The van der Waals surface area contributed by atoms with Crippen molar-refractivity contribution in [3.8, 4) is 0 Å². The fraction of sp³-hybridized carbons (Fsp3) is 0.909. The van der Waals surface area contributed by atoms with Gasteiger partial charge in [0.15, 0.2) is 0 Å². The zero-order valence-corrected chi connectivity index (χ0v) is 8.89. The minimum Gasteiger partial charge on any atom is -0.481 e. The van der Waals surface area contributed by atoms with Crippen LogP contribution in [0, 0.1) is 10.8 Å². The van der Waals surface area contributed by atoms with E-state index in [4.69, 9.17) is 0 Å². The molecule has 0 aromatic heterocycles. The summed E-state index contributed by atoms with van der Waals surface area (Å²) in [5.41, 5.74) is -0.277. The van der Waals surface area contributed by atoms with Crippen molar-refractivity contribution in [1.82, 2.24) is 0 Å². The molecule has 1 saturated carbocycles. The molecule has 76 valence electrons. The molecule has 1 N–H and O–H groups in total. The molecule has 0 heterocycles. The Bertz CT molecular complexity index is 195. The first-order chi connectivity index (χ1) is 5.86. The maximum Gasteiger partial charge on any atom is 0.309 e. The summed E-state index contributed by atoms with van der Waals surface area (Å²) in [5.74, 6) is -0.583. The van der Waals surface area contributed by atoms with E-state index in [1.807, 2.05) is 0 Å². The fourth-order valence-corrected chi connectivity index (χ4v) is 2.53. The fourth-order valence-electron chi connectivity index (χ4n) is 2.53. The zero-order chi connectivity index (χ0) is 10.1. The molecule has 13 heavy (non-hydrogen) atoms. The summed E-state index contributed by atoms with van der Waals surface area (Å²) in [7, 11) is 0. The molecule has 2 heteroatoms. The van der Waals surface area contributed by atoms with Gasteiger partial charge in [-0.25, -0.2) is 0 Å². The van der Waals surface area contributed by atoms with E-state index in [0.717, 1.165) is 32.1 Å². The quantitative estimate of drug-likeness (QED) is 0.716. The Morgan fingerprint density at radius 3 is 2.08 bits per heavy atom. The molecule has 0 atom stereocenters. The molecule has 0 aromatic carbocycles. The molecule has 2 nitrogen and oxygen atoms in total. The van der Waals surface area contributed by atoms with Crippen LogP contribution in [0.2, 0.25) is 0 Å². The van der Waals surface area contributed by atoms with Crippen LogP contribution in [0.3, 0.4) is 0 Å². The van der Waals surface area contributed by atoms with Crippen LogP contribution in [-0.4, -0.2) is 11.1 Å². The van der Waals surface area contributed by atoms with Gasteiger partial charge in [-0.05, 0) is 24.7 Å². The number of carbonyl (C=O) groups is 1. The molecule has 0 aromatic rings. The number of carboxylic acid groups (broad SMARTS) is 1. The first-order valence-corrected chi connectivity index (χ1v) is 5.09. The number of hydrogen-bond donors (Lipinski definition) is 1. The summed E-state index contributed by atoms with van der Waals surface area (Å²) in [5, 5.41) is 9.23. The monoisotopic (exact) mass is 184 g/mol. The molecule has 0 saturated heterocycles. The molecule has 1 aliphatic carbocycles. The van der Waals surface area contributed by atoms with E-state index < -0.39 is 11.4 Å². The third-order valence-corrected chi connectivity index (χ3v) is 2.88. The molecule has 1 rings (SSSR count). The van der Waals surface area contributed by atoms with Gasteiger partial charge in [-0.15, -0.1) is 0 Å². The van der Waals surface area contributed by atoms with Gasteiger partial charge in [0.25, 0.3) is 0 Å². The molecule has 0 radical (unpaired) electrons. The van der Waals surface area contributed by atoms with E-state index in [-0.39, 0.29) is 5.41 Å². The molecule has 0 bridgehead atoms. The first kappa shape index (κ1) is 10.6. The topological polar surface area (TPSA) is 37.3 Å². The lowest BCUT2D eigenvalue weighted by Crippen LogP contribution is -2.32. The molecule has 0 amide bonds. The third kappa shape index (κ3) is 2.45. The van der Waals surface area contributed by atoms with E-state index >= 15 is 0 Å². The Hall–Kier alpha value is -0.530. The van der Waals surface area contributed by atoms with Crippen LogP contribution in [0.25, 0.3) is 0 Å². The average Bonchev–Trinajstić information content (AvgIpc) is 2.33. The summed E-state index contributed by atoms with van der Waals surface area (Å²) < 4.78 is 0. The summed E-state index contributed by atoms with van der Waals surface area (Å²) in [6, 6.07) is 0. The van der Waals surface area contributed by atoms with E-state index in [9.17, 15) is 9.90 Å². The van der Waals surface area contributed by atoms with Crippen molar-refractivity contribution in [2.45, 2.75) is 52.9 Å². The zero-order valence-electron chi connectivity index (χ0n) is 8.89. The van der Waals surface area contributed by atoms with Crippen LogP contribution in [0.15, 0.2) is 0 Å². The van der Waals surface area contributed by atoms with Gasteiger partial charge in [0.05, 0.1) is 5.41 Å². The minimum absolute atomic E-state index is 0.128. The maximum atomic E-state index is 11.2. The van der Waals surface area contributed by atoms with Crippen LogP contribution < -0.4 is 0 Å². The van der Waals surface area contributed by atoms with Gasteiger partial charge < -0.3 is 5.11 Å². The number of hydrogen-bond acceptors (Lipinski definition) is 1. The van der Waals surface area contributed by atoms with E-state index in [0.29, 0.717) is 0 Å². The lowest BCUT2D eigenvalue weighted by atomic mass is 9.72. The smallest absolute Gasteiger partial charge is 0.309 e. The van der Waals surface area contributed by atoms with Crippen molar-refractivity contribution in [2.24, 2.45) is 10.8 Å². The molecule has 1 fully saturated rings. The third-order valence-electron chi connectivity index (χ3n) is 2.88. The van der Waals surface area contributed by atoms with Gasteiger partial charge in [0, 0.05) is 0 Å². The summed E-state index contributed by atoms with van der Waals surface area (Å²) in [4.78, 5) is 11.2. The average molecular weight is 184 g/mol. The summed E-state index contributed by atoms with van der Waals surface area (Å²) in [6.45, 7) is 6.36. The van der Waals surface area contributed by atoms with Crippen LogP contribution in [0.4, 0.5) is 0 Å². The highest BCUT2D eigenvalue weighted by Crippen LogP contribution is 2.46. The molecule has 1 aliphatic rings. The molecular weight excluding hydrogens is 164 g/mol. The van der Waals surface area contributed by atoms with Crippen LogP contribution in [0.5, 0.6) is 0 Å². The second-order valence-corrected chi connectivity index (χ2v) is 5.53. The van der Waals surface area contributed by atoms with Gasteiger partial charge >= 0.3 is 5.97 Å². The predicted molar refractivity (Wildman–Crippen MR) is 52.6 cm³/mol. The van der Waals surface area contributed by atoms with Crippen molar-refractivity contribution in [1.29, 1.82) is 0 Å². The van der Waals surface area contributed by atoms with E-state index in [1.165, 1.54) is 0 Å². The minimum atomic E-state index is -0.583. The second-order valence-electron chi connectivity index (χ2n) is 5.53. The van der Waals surface area contributed by atoms with E-state index in [2.05, 4.69) is 20.8 Å². The Kier molecular flexibility index (Phi) is 2.69. The van der Waals surface area contributed by atoms with Crippen molar-refractivity contribution >= 4 is 5.97 Å².